The Hall–Kier alpha value is -1.63. The van der Waals surface area contributed by atoms with Crippen molar-refractivity contribution in [3.05, 3.63) is 29.3 Å². The molecule has 2 heterocycles. The molecule has 0 bridgehead atoms. The van der Waals surface area contributed by atoms with Crippen LogP contribution in [0, 0.1) is 13.8 Å². The molecule has 2 rings (SSSR count). The Balaban J connectivity index is 0.00000180. The van der Waals surface area contributed by atoms with E-state index in [0.29, 0.717) is 22.6 Å². The molecule has 0 unspecified atom stereocenters. The van der Waals surface area contributed by atoms with Gasteiger partial charge in [-0.15, -0.1) is 12.4 Å². The lowest BCUT2D eigenvalue weighted by atomic mass is 10.2. The molecule has 0 saturated heterocycles. The summed E-state index contributed by atoms with van der Waals surface area (Å²) in [5.74, 6) is 0. The fraction of sp³-hybridized carbons (Fsp3) is 0.455. The molecule has 0 atom stereocenters. The molecule has 2 aromatic rings. The minimum atomic E-state index is -2.61. The monoisotopic (exact) mass is 291 g/mol. The zero-order valence-corrected chi connectivity index (χ0v) is 11.7. The number of nitrogens with one attached hydrogen (secondary N) is 1. The highest BCUT2D eigenvalue weighted by molar-refractivity contribution is 5.85. The summed E-state index contributed by atoms with van der Waals surface area (Å²) in [6.07, 6.45) is 3.21. The lowest BCUT2D eigenvalue weighted by molar-refractivity contribution is 0.0563. The van der Waals surface area contributed by atoms with E-state index in [-0.39, 0.29) is 12.4 Å². The van der Waals surface area contributed by atoms with E-state index < -0.39 is 6.55 Å². The van der Waals surface area contributed by atoms with Crippen LogP contribution in [0.4, 0.5) is 14.5 Å². The zero-order chi connectivity index (χ0) is 13.3. The molecule has 0 aliphatic carbocycles. The molecule has 0 aromatic carbocycles. The van der Waals surface area contributed by atoms with Crippen LogP contribution < -0.4 is 5.32 Å². The van der Waals surface area contributed by atoms with Crippen LogP contribution in [0.2, 0.25) is 0 Å². The SMILES string of the molecule is Cc1nn(C)cc1CNc1cn(C(F)F)nc1C.Cl. The average Bonchev–Trinajstić information content (AvgIpc) is 2.79. The smallest absolute Gasteiger partial charge is 0.333 e. The Kier molecular flexibility index (Phi) is 4.88. The number of nitrogens with zero attached hydrogens (tertiary/aromatic N) is 4. The van der Waals surface area contributed by atoms with Crippen molar-refractivity contribution in [1.82, 2.24) is 19.6 Å². The van der Waals surface area contributed by atoms with Crippen LogP contribution in [0.15, 0.2) is 12.4 Å². The minimum Gasteiger partial charge on any atom is -0.378 e. The predicted octanol–water partition coefficient (Wildman–Crippen LogP) is 2.66. The molecule has 1 N–H and O–H groups in total. The quantitative estimate of drug-likeness (QED) is 0.942. The van der Waals surface area contributed by atoms with E-state index in [1.165, 1.54) is 6.20 Å². The molecule has 0 aliphatic heterocycles. The van der Waals surface area contributed by atoms with Crippen LogP contribution in [0.3, 0.4) is 0 Å². The van der Waals surface area contributed by atoms with E-state index in [0.717, 1.165) is 11.3 Å². The Morgan fingerprint density at radius 1 is 1.21 bits per heavy atom. The fourth-order valence-corrected chi connectivity index (χ4v) is 1.77. The average molecular weight is 292 g/mol. The molecule has 0 fully saturated rings. The maximum atomic E-state index is 12.5. The van der Waals surface area contributed by atoms with Gasteiger partial charge in [-0.05, 0) is 13.8 Å². The van der Waals surface area contributed by atoms with Gasteiger partial charge in [0.05, 0.1) is 23.3 Å². The first-order chi connectivity index (χ1) is 8.47. The zero-order valence-electron chi connectivity index (χ0n) is 10.9. The van der Waals surface area contributed by atoms with Crippen LogP contribution in [0.1, 0.15) is 23.5 Å². The van der Waals surface area contributed by atoms with Crippen LogP contribution in [-0.2, 0) is 13.6 Å². The van der Waals surface area contributed by atoms with Gasteiger partial charge in [0.15, 0.2) is 0 Å². The molecular weight excluding hydrogens is 276 g/mol. The Morgan fingerprint density at radius 2 is 1.89 bits per heavy atom. The van der Waals surface area contributed by atoms with Gasteiger partial charge in [0.2, 0.25) is 0 Å². The number of hydrogen-bond donors (Lipinski definition) is 1. The third-order valence-electron chi connectivity index (χ3n) is 2.70. The molecule has 2 aromatic heterocycles. The standard InChI is InChI=1S/C11H15F2N5.ClH/c1-7-9(5-17(3)15-7)4-14-10-6-18(11(12)13)16-8(10)2;/h5-6,11,14H,4H2,1-3H3;1H. The molecule has 19 heavy (non-hydrogen) atoms. The Labute approximate surface area is 116 Å². The molecule has 0 spiro atoms. The largest absolute Gasteiger partial charge is 0.378 e. The van der Waals surface area contributed by atoms with E-state index in [9.17, 15) is 8.78 Å². The summed E-state index contributed by atoms with van der Waals surface area (Å²) < 4.78 is 27.3. The van der Waals surface area contributed by atoms with Crippen molar-refractivity contribution in [3.63, 3.8) is 0 Å². The second kappa shape index (κ2) is 6.01. The summed E-state index contributed by atoms with van der Waals surface area (Å²) >= 11 is 0. The predicted molar refractivity (Wildman–Crippen MR) is 70.7 cm³/mol. The van der Waals surface area contributed by atoms with Gasteiger partial charge in [-0.2, -0.15) is 19.0 Å². The van der Waals surface area contributed by atoms with Crippen molar-refractivity contribution < 1.29 is 8.78 Å². The first-order valence-corrected chi connectivity index (χ1v) is 5.54. The third-order valence-corrected chi connectivity index (χ3v) is 2.70. The van der Waals surface area contributed by atoms with Crippen molar-refractivity contribution in [2.24, 2.45) is 7.05 Å². The Morgan fingerprint density at radius 3 is 2.37 bits per heavy atom. The van der Waals surface area contributed by atoms with Crippen LogP contribution in [0.25, 0.3) is 0 Å². The van der Waals surface area contributed by atoms with Gasteiger partial charge >= 0.3 is 6.55 Å². The van der Waals surface area contributed by atoms with Gasteiger partial charge in [-0.3, -0.25) is 4.68 Å². The number of halogens is 3. The second-order valence-electron chi connectivity index (χ2n) is 4.15. The van der Waals surface area contributed by atoms with E-state index in [4.69, 9.17) is 0 Å². The summed E-state index contributed by atoms with van der Waals surface area (Å²) in [6.45, 7) is 1.53. The highest BCUT2D eigenvalue weighted by atomic mass is 35.5. The van der Waals surface area contributed by atoms with E-state index in [1.54, 1.807) is 11.6 Å². The van der Waals surface area contributed by atoms with Gasteiger partial charge < -0.3 is 5.32 Å². The maximum Gasteiger partial charge on any atom is 0.333 e. The first-order valence-electron chi connectivity index (χ1n) is 5.54. The third kappa shape index (κ3) is 3.44. The number of anilines is 1. The summed E-state index contributed by atoms with van der Waals surface area (Å²) in [5, 5.41) is 11.0. The van der Waals surface area contributed by atoms with Crippen molar-refractivity contribution in [3.8, 4) is 0 Å². The second-order valence-corrected chi connectivity index (χ2v) is 4.15. The van der Waals surface area contributed by atoms with Gasteiger partial charge in [0, 0.05) is 25.4 Å². The fourth-order valence-electron chi connectivity index (χ4n) is 1.77. The molecule has 0 radical (unpaired) electrons. The van der Waals surface area contributed by atoms with Gasteiger partial charge in [0.1, 0.15) is 0 Å². The van der Waals surface area contributed by atoms with Gasteiger partial charge in [-0.1, -0.05) is 0 Å². The van der Waals surface area contributed by atoms with Crippen molar-refractivity contribution >= 4 is 18.1 Å². The van der Waals surface area contributed by atoms with Crippen molar-refractivity contribution in [1.29, 1.82) is 0 Å². The number of aromatic nitrogens is 4. The van der Waals surface area contributed by atoms with Gasteiger partial charge in [0.25, 0.3) is 0 Å². The molecule has 106 valence electrons. The molecule has 0 saturated carbocycles. The molecule has 5 nitrogen and oxygen atoms in total. The molecule has 8 heteroatoms. The summed E-state index contributed by atoms with van der Waals surface area (Å²) in [5.41, 5.74) is 3.11. The number of aryl methyl sites for hydroxylation is 3. The van der Waals surface area contributed by atoms with Crippen LogP contribution in [-0.4, -0.2) is 19.6 Å². The summed E-state index contributed by atoms with van der Waals surface area (Å²) in [6, 6.07) is 0. The maximum absolute atomic E-state index is 12.5. The van der Waals surface area contributed by atoms with E-state index >= 15 is 0 Å². The van der Waals surface area contributed by atoms with Crippen molar-refractivity contribution in [2.75, 3.05) is 5.32 Å². The topological polar surface area (TPSA) is 47.7 Å². The normalized spacial score (nSPS) is 10.6. The summed E-state index contributed by atoms with van der Waals surface area (Å²) in [4.78, 5) is 0. The number of hydrogen-bond acceptors (Lipinski definition) is 3. The van der Waals surface area contributed by atoms with Gasteiger partial charge in [-0.25, -0.2) is 4.68 Å². The van der Waals surface area contributed by atoms with E-state index in [1.807, 2.05) is 20.2 Å². The van der Waals surface area contributed by atoms with Crippen molar-refractivity contribution in [2.45, 2.75) is 26.9 Å². The van der Waals surface area contributed by atoms with Crippen LogP contribution >= 0.6 is 12.4 Å². The molecular formula is C11H16ClF2N5. The lowest BCUT2D eigenvalue weighted by Gasteiger charge is -2.03. The molecule has 0 aliphatic rings. The van der Waals surface area contributed by atoms with E-state index in [2.05, 4.69) is 15.5 Å². The highest BCUT2D eigenvalue weighted by Crippen LogP contribution is 2.18. The number of alkyl halides is 2. The highest BCUT2D eigenvalue weighted by Gasteiger charge is 2.11. The van der Waals surface area contributed by atoms with Crippen LogP contribution in [0.5, 0.6) is 0 Å². The first kappa shape index (κ1) is 15.4. The summed E-state index contributed by atoms with van der Waals surface area (Å²) in [7, 11) is 1.84. The Bertz CT molecular complexity index is 549. The number of rotatable bonds is 4. The lowest BCUT2D eigenvalue weighted by Crippen LogP contribution is -2.00. The minimum absolute atomic E-state index is 0. The molecule has 0 amide bonds.